The molecule has 3 aromatic carbocycles. The molecule has 1 fully saturated rings. The lowest BCUT2D eigenvalue weighted by atomic mass is 9.95. The van der Waals surface area contributed by atoms with Crippen LogP contribution in [0.15, 0.2) is 83.8 Å². The van der Waals surface area contributed by atoms with E-state index in [9.17, 15) is 22.4 Å². The number of halogens is 1. The highest BCUT2D eigenvalue weighted by Crippen LogP contribution is 2.28. The molecule has 0 radical (unpaired) electrons. The normalized spacial score (nSPS) is 14.6. The van der Waals surface area contributed by atoms with Crippen LogP contribution in [0.25, 0.3) is 0 Å². The summed E-state index contributed by atoms with van der Waals surface area (Å²) in [6.07, 6.45) is 4.95. The van der Waals surface area contributed by atoms with Crippen molar-refractivity contribution in [3.63, 3.8) is 0 Å². The molecular weight excluding hydrogens is 545 g/mol. The Hall–Kier alpha value is -3.92. The molecule has 0 heterocycles. The molecule has 8 nitrogen and oxygen atoms in total. The average Bonchev–Trinajstić information content (AvgIpc) is 3.00. The van der Waals surface area contributed by atoms with E-state index in [0.717, 1.165) is 36.4 Å². The molecular formula is C31H36FN3O5S. The van der Waals surface area contributed by atoms with E-state index in [1.165, 1.54) is 42.3 Å². The molecule has 41 heavy (non-hydrogen) atoms. The average molecular weight is 582 g/mol. The highest BCUT2D eigenvalue weighted by Gasteiger charge is 2.33. The van der Waals surface area contributed by atoms with Gasteiger partial charge in [0, 0.05) is 18.7 Å². The topological polar surface area (TPSA) is 96.0 Å². The van der Waals surface area contributed by atoms with E-state index in [2.05, 4.69) is 5.32 Å². The number of hydrogen-bond donors (Lipinski definition) is 1. The van der Waals surface area contributed by atoms with Crippen LogP contribution in [0.5, 0.6) is 5.75 Å². The van der Waals surface area contributed by atoms with Crippen molar-refractivity contribution in [3.8, 4) is 5.75 Å². The van der Waals surface area contributed by atoms with Gasteiger partial charge in [-0.15, -0.1) is 0 Å². The number of hydrogen-bond acceptors (Lipinski definition) is 5. The number of sulfonamides is 1. The van der Waals surface area contributed by atoms with E-state index in [4.69, 9.17) is 4.74 Å². The standard InChI is InChI=1S/C31H36FN3O5S/c1-23(31(37)33-26-10-5-3-6-11-26)34(21-24-16-18-25(32)19-17-24)30(36)22-35(27-12-9-13-28(20-27)40-2)41(38,39)29-14-7-4-8-15-29/h4,7-9,12-20,23,26H,3,5-6,10-11,21-22H2,1-2H3,(H,33,37)/t23-/m0/s1. The number of carbonyl (C=O) groups is 2. The van der Waals surface area contributed by atoms with Gasteiger partial charge in [-0.05, 0) is 61.7 Å². The number of ether oxygens (including phenoxy) is 1. The molecule has 1 atom stereocenters. The summed E-state index contributed by atoms with van der Waals surface area (Å²) >= 11 is 0. The predicted octanol–water partition coefficient (Wildman–Crippen LogP) is 4.90. The van der Waals surface area contributed by atoms with E-state index < -0.39 is 34.3 Å². The third-order valence-corrected chi connectivity index (χ3v) is 9.12. The number of rotatable bonds is 11. The van der Waals surface area contributed by atoms with Crippen LogP contribution in [0.1, 0.15) is 44.6 Å². The van der Waals surface area contributed by atoms with E-state index in [0.29, 0.717) is 11.3 Å². The Morgan fingerprint density at radius 3 is 2.32 bits per heavy atom. The zero-order valence-electron chi connectivity index (χ0n) is 23.3. The quantitative estimate of drug-likeness (QED) is 0.348. The van der Waals surface area contributed by atoms with Gasteiger partial charge in [0.1, 0.15) is 24.2 Å². The second-order valence-electron chi connectivity index (χ2n) is 10.2. The molecule has 0 saturated heterocycles. The van der Waals surface area contributed by atoms with Gasteiger partial charge < -0.3 is 15.0 Å². The summed E-state index contributed by atoms with van der Waals surface area (Å²) in [5.74, 6) is -0.895. The molecule has 0 bridgehead atoms. The van der Waals surface area contributed by atoms with E-state index in [1.54, 1.807) is 55.5 Å². The number of anilines is 1. The number of amides is 2. The van der Waals surface area contributed by atoms with Gasteiger partial charge in [-0.3, -0.25) is 13.9 Å². The van der Waals surface area contributed by atoms with Crippen LogP contribution in [-0.4, -0.2) is 50.9 Å². The summed E-state index contributed by atoms with van der Waals surface area (Å²) in [5.41, 5.74) is 0.846. The smallest absolute Gasteiger partial charge is 0.264 e. The fourth-order valence-electron chi connectivity index (χ4n) is 4.95. The van der Waals surface area contributed by atoms with Crippen molar-refractivity contribution in [3.05, 3.63) is 90.2 Å². The Balaban J connectivity index is 1.67. The Morgan fingerprint density at radius 2 is 1.66 bits per heavy atom. The van der Waals surface area contributed by atoms with Crippen molar-refractivity contribution in [1.82, 2.24) is 10.2 Å². The van der Waals surface area contributed by atoms with Gasteiger partial charge >= 0.3 is 0 Å². The van der Waals surface area contributed by atoms with Crippen molar-refractivity contribution >= 4 is 27.5 Å². The van der Waals surface area contributed by atoms with E-state index in [-0.39, 0.29) is 29.1 Å². The van der Waals surface area contributed by atoms with E-state index >= 15 is 0 Å². The lowest BCUT2D eigenvalue weighted by Gasteiger charge is -2.33. The van der Waals surface area contributed by atoms with Gasteiger partial charge in [0.25, 0.3) is 10.0 Å². The minimum absolute atomic E-state index is 0.00426. The molecule has 1 aliphatic rings. The number of methoxy groups -OCH3 is 1. The Kier molecular flexibility index (Phi) is 9.99. The summed E-state index contributed by atoms with van der Waals surface area (Å²) in [7, 11) is -2.71. The summed E-state index contributed by atoms with van der Waals surface area (Å²) in [5, 5.41) is 3.06. The van der Waals surface area contributed by atoms with Gasteiger partial charge in [0.05, 0.1) is 17.7 Å². The number of nitrogens with one attached hydrogen (secondary N) is 1. The zero-order valence-corrected chi connectivity index (χ0v) is 24.1. The van der Waals surface area contributed by atoms with Crippen LogP contribution < -0.4 is 14.4 Å². The first-order valence-corrected chi connectivity index (χ1v) is 15.2. The molecule has 1 aliphatic carbocycles. The van der Waals surface area contributed by atoms with Gasteiger partial charge in [0.15, 0.2) is 0 Å². The molecule has 10 heteroatoms. The maximum absolute atomic E-state index is 14.0. The molecule has 3 aromatic rings. The summed E-state index contributed by atoms with van der Waals surface area (Å²) in [6.45, 7) is 1.06. The van der Waals surface area contributed by atoms with Crippen molar-refractivity contribution in [1.29, 1.82) is 0 Å². The monoisotopic (exact) mass is 581 g/mol. The second kappa shape index (κ2) is 13.6. The maximum Gasteiger partial charge on any atom is 0.264 e. The molecule has 1 N–H and O–H groups in total. The first-order chi connectivity index (χ1) is 19.7. The SMILES string of the molecule is COc1cccc(N(CC(=O)N(Cc2ccc(F)cc2)[C@@H](C)C(=O)NC2CCCCC2)S(=O)(=O)c2ccccc2)c1. The largest absolute Gasteiger partial charge is 0.497 e. The minimum atomic E-state index is -4.17. The first-order valence-electron chi connectivity index (χ1n) is 13.7. The number of carbonyl (C=O) groups excluding carboxylic acids is 2. The molecule has 0 spiro atoms. The lowest BCUT2D eigenvalue weighted by Crippen LogP contribution is -2.53. The van der Waals surface area contributed by atoms with Gasteiger partial charge in [0.2, 0.25) is 11.8 Å². The summed E-state index contributed by atoms with van der Waals surface area (Å²) < 4.78 is 47.6. The van der Waals surface area contributed by atoms with Crippen molar-refractivity contribution in [2.45, 2.75) is 62.6 Å². The highest BCUT2D eigenvalue weighted by atomic mass is 32.2. The molecule has 1 saturated carbocycles. The Labute approximate surface area is 241 Å². The molecule has 0 aliphatic heterocycles. The zero-order chi connectivity index (χ0) is 29.4. The maximum atomic E-state index is 14.0. The van der Waals surface area contributed by atoms with Crippen LogP contribution in [-0.2, 0) is 26.2 Å². The number of nitrogens with zero attached hydrogens (tertiary/aromatic N) is 2. The Morgan fingerprint density at radius 1 is 0.976 bits per heavy atom. The molecule has 0 unspecified atom stereocenters. The van der Waals surface area contributed by atoms with Crippen LogP contribution >= 0.6 is 0 Å². The molecule has 0 aromatic heterocycles. The van der Waals surface area contributed by atoms with Crippen LogP contribution in [0.2, 0.25) is 0 Å². The Bertz CT molecular complexity index is 1430. The fourth-order valence-corrected chi connectivity index (χ4v) is 6.38. The highest BCUT2D eigenvalue weighted by molar-refractivity contribution is 7.92. The first kappa shape index (κ1) is 30.0. The van der Waals surface area contributed by atoms with Crippen molar-refractivity contribution in [2.75, 3.05) is 18.0 Å². The van der Waals surface area contributed by atoms with Crippen molar-refractivity contribution < 1.29 is 27.1 Å². The third kappa shape index (κ3) is 7.64. The van der Waals surface area contributed by atoms with Gasteiger partial charge in [-0.2, -0.15) is 0 Å². The second-order valence-corrected chi connectivity index (χ2v) is 12.1. The summed E-state index contributed by atoms with van der Waals surface area (Å²) in [6, 6.07) is 19.1. The van der Waals surface area contributed by atoms with Crippen LogP contribution in [0.4, 0.5) is 10.1 Å². The number of benzene rings is 3. The minimum Gasteiger partial charge on any atom is -0.497 e. The third-order valence-electron chi connectivity index (χ3n) is 7.34. The van der Waals surface area contributed by atoms with Gasteiger partial charge in [-0.25, -0.2) is 12.8 Å². The van der Waals surface area contributed by atoms with E-state index in [1.807, 2.05) is 0 Å². The fraction of sp³-hybridized carbons (Fsp3) is 0.355. The predicted molar refractivity (Wildman–Crippen MR) is 155 cm³/mol. The van der Waals surface area contributed by atoms with Gasteiger partial charge in [-0.1, -0.05) is 55.7 Å². The molecule has 4 rings (SSSR count). The molecule has 218 valence electrons. The van der Waals surface area contributed by atoms with Crippen LogP contribution in [0, 0.1) is 5.82 Å². The summed E-state index contributed by atoms with van der Waals surface area (Å²) in [4.78, 5) is 28.7. The van der Waals surface area contributed by atoms with Crippen molar-refractivity contribution in [2.24, 2.45) is 0 Å². The molecule has 2 amide bonds. The van der Waals surface area contributed by atoms with Crippen LogP contribution in [0.3, 0.4) is 0 Å². The lowest BCUT2D eigenvalue weighted by molar-refractivity contribution is -0.139.